The van der Waals surface area contributed by atoms with Crippen molar-refractivity contribution in [3.05, 3.63) is 59.2 Å². The van der Waals surface area contributed by atoms with Crippen LogP contribution in [0.4, 0.5) is 5.69 Å². The molecule has 0 unspecified atom stereocenters. The SMILES string of the molecule is CCc1ccccc1NC(=O)CN1CCN(C(=O)CSc2nnnn2-c2ccc(C)c(C)c2)CC1. The van der Waals surface area contributed by atoms with Gasteiger partial charge in [-0.2, -0.15) is 4.68 Å². The largest absolute Gasteiger partial charge is 0.339 e. The molecule has 3 aromatic rings. The number of nitrogens with zero attached hydrogens (tertiary/aromatic N) is 6. The molecule has 0 atom stereocenters. The van der Waals surface area contributed by atoms with E-state index in [4.69, 9.17) is 0 Å². The van der Waals surface area contributed by atoms with Gasteiger partial charge in [-0.1, -0.05) is 43.0 Å². The minimum Gasteiger partial charge on any atom is -0.339 e. The summed E-state index contributed by atoms with van der Waals surface area (Å²) in [4.78, 5) is 29.3. The summed E-state index contributed by atoms with van der Waals surface area (Å²) in [6, 6.07) is 13.9. The molecule has 0 bridgehead atoms. The highest BCUT2D eigenvalue weighted by Crippen LogP contribution is 2.21. The second-order valence-electron chi connectivity index (χ2n) is 8.65. The minimum absolute atomic E-state index is 0.0283. The molecule has 1 aliphatic heterocycles. The normalized spacial score (nSPS) is 14.2. The molecule has 1 aromatic heterocycles. The van der Waals surface area contributed by atoms with Crippen LogP contribution in [-0.2, 0) is 16.0 Å². The number of amides is 2. The predicted molar refractivity (Wildman–Crippen MR) is 137 cm³/mol. The number of tetrazole rings is 1. The molecule has 35 heavy (non-hydrogen) atoms. The fourth-order valence-electron chi connectivity index (χ4n) is 4.00. The van der Waals surface area contributed by atoms with E-state index < -0.39 is 0 Å². The summed E-state index contributed by atoms with van der Waals surface area (Å²) in [5.41, 5.74) is 5.23. The van der Waals surface area contributed by atoms with Crippen LogP contribution in [0.2, 0.25) is 0 Å². The minimum atomic E-state index is -0.0283. The Labute approximate surface area is 209 Å². The third-order valence-corrected chi connectivity index (χ3v) is 7.17. The van der Waals surface area contributed by atoms with E-state index in [-0.39, 0.29) is 17.6 Å². The smallest absolute Gasteiger partial charge is 0.238 e. The number of para-hydroxylation sites is 1. The molecule has 2 aromatic carbocycles. The van der Waals surface area contributed by atoms with Crippen molar-refractivity contribution in [1.82, 2.24) is 30.0 Å². The molecule has 1 fully saturated rings. The van der Waals surface area contributed by atoms with Gasteiger partial charge in [0, 0.05) is 31.9 Å². The molecule has 0 radical (unpaired) electrons. The van der Waals surface area contributed by atoms with Crippen molar-refractivity contribution in [1.29, 1.82) is 0 Å². The van der Waals surface area contributed by atoms with Gasteiger partial charge in [0.25, 0.3) is 0 Å². The molecule has 1 saturated heterocycles. The molecule has 2 heterocycles. The van der Waals surface area contributed by atoms with Gasteiger partial charge in [-0.15, -0.1) is 5.10 Å². The van der Waals surface area contributed by atoms with E-state index in [0.717, 1.165) is 28.9 Å². The Hall–Kier alpha value is -3.24. The van der Waals surface area contributed by atoms with Crippen molar-refractivity contribution < 1.29 is 9.59 Å². The first-order valence-electron chi connectivity index (χ1n) is 11.8. The topological polar surface area (TPSA) is 96.2 Å². The number of aryl methyl sites for hydroxylation is 3. The maximum absolute atomic E-state index is 12.8. The van der Waals surface area contributed by atoms with Crippen molar-refractivity contribution in [2.24, 2.45) is 0 Å². The van der Waals surface area contributed by atoms with Crippen LogP contribution in [0.1, 0.15) is 23.6 Å². The van der Waals surface area contributed by atoms with Crippen LogP contribution in [0, 0.1) is 13.8 Å². The first kappa shape index (κ1) is 24.9. The van der Waals surface area contributed by atoms with Crippen molar-refractivity contribution in [3.63, 3.8) is 0 Å². The molecule has 1 N–H and O–H groups in total. The number of nitrogens with one attached hydrogen (secondary N) is 1. The number of thioether (sulfide) groups is 1. The van der Waals surface area contributed by atoms with Gasteiger partial charge in [-0.25, -0.2) is 0 Å². The maximum atomic E-state index is 12.8. The van der Waals surface area contributed by atoms with E-state index in [0.29, 0.717) is 37.9 Å². The van der Waals surface area contributed by atoms with Gasteiger partial charge in [-0.05, 0) is 65.6 Å². The van der Waals surface area contributed by atoms with E-state index in [9.17, 15) is 9.59 Å². The highest BCUT2D eigenvalue weighted by Gasteiger charge is 2.23. The zero-order valence-electron chi connectivity index (χ0n) is 20.4. The van der Waals surface area contributed by atoms with Gasteiger partial charge < -0.3 is 10.2 Å². The molecule has 2 amide bonds. The summed E-state index contributed by atoms with van der Waals surface area (Å²) < 4.78 is 1.66. The third kappa shape index (κ3) is 6.26. The first-order chi connectivity index (χ1) is 16.9. The summed E-state index contributed by atoms with van der Waals surface area (Å²) in [7, 11) is 0. The van der Waals surface area contributed by atoms with E-state index in [1.807, 2.05) is 54.3 Å². The van der Waals surface area contributed by atoms with E-state index in [1.165, 1.54) is 17.3 Å². The van der Waals surface area contributed by atoms with Crippen molar-refractivity contribution in [2.75, 3.05) is 43.8 Å². The van der Waals surface area contributed by atoms with Crippen LogP contribution in [0.3, 0.4) is 0 Å². The van der Waals surface area contributed by atoms with Gasteiger partial charge in [0.2, 0.25) is 17.0 Å². The lowest BCUT2D eigenvalue weighted by molar-refractivity contribution is -0.130. The lowest BCUT2D eigenvalue weighted by atomic mass is 10.1. The summed E-state index contributed by atoms with van der Waals surface area (Å²) in [5.74, 6) is 0.282. The molecule has 10 heteroatoms. The molecule has 184 valence electrons. The van der Waals surface area contributed by atoms with Crippen LogP contribution in [0.15, 0.2) is 47.6 Å². The number of hydrogen-bond acceptors (Lipinski definition) is 7. The number of aromatic nitrogens is 4. The van der Waals surface area contributed by atoms with Crippen molar-refractivity contribution in [3.8, 4) is 5.69 Å². The monoisotopic (exact) mass is 493 g/mol. The van der Waals surface area contributed by atoms with Crippen molar-refractivity contribution in [2.45, 2.75) is 32.3 Å². The maximum Gasteiger partial charge on any atom is 0.238 e. The van der Waals surface area contributed by atoms with Gasteiger partial charge >= 0.3 is 0 Å². The second kappa shape index (κ2) is 11.5. The van der Waals surface area contributed by atoms with Crippen molar-refractivity contribution >= 4 is 29.3 Å². The third-order valence-electron chi connectivity index (χ3n) is 6.27. The molecule has 1 aliphatic rings. The second-order valence-corrected chi connectivity index (χ2v) is 9.59. The molecule has 0 saturated carbocycles. The van der Waals surface area contributed by atoms with Gasteiger partial charge in [0.15, 0.2) is 0 Å². The number of piperazine rings is 1. The zero-order chi connectivity index (χ0) is 24.8. The van der Waals surface area contributed by atoms with Crippen LogP contribution < -0.4 is 5.32 Å². The Bertz CT molecular complexity index is 1190. The average molecular weight is 494 g/mol. The standard InChI is InChI=1S/C25H31N7O2S/c1-4-20-7-5-6-8-22(20)26-23(33)16-30-11-13-31(14-12-30)24(34)17-35-25-27-28-29-32(25)21-10-9-18(2)19(3)15-21/h5-10,15H,4,11-14,16-17H2,1-3H3,(H,26,33). The zero-order valence-corrected chi connectivity index (χ0v) is 21.2. The average Bonchev–Trinajstić information content (AvgIpc) is 3.33. The fraction of sp³-hybridized carbons (Fsp3) is 0.400. The summed E-state index contributed by atoms with van der Waals surface area (Å²) in [6.07, 6.45) is 0.867. The lowest BCUT2D eigenvalue weighted by Crippen LogP contribution is -2.50. The van der Waals surface area contributed by atoms with Crippen LogP contribution >= 0.6 is 11.8 Å². The molecule has 4 rings (SSSR count). The lowest BCUT2D eigenvalue weighted by Gasteiger charge is -2.34. The number of benzene rings is 2. The number of rotatable bonds is 8. The molecule has 9 nitrogen and oxygen atoms in total. The van der Waals surface area contributed by atoms with Crippen LogP contribution in [-0.4, -0.2) is 80.3 Å². The van der Waals surface area contributed by atoms with E-state index >= 15 is 0 Å². The number of hydrogen-bond donors (Lipinski definition) is 1. The Morgan fingerprint density at radius 3 is 2.54 bits per heavy atom. The van der Waals surface area contributed by atoms with E-state index in [1.54, 1.807) is 4.68 Å². The Morgan fingerprint density at radius 1 is 1.03 bits per heavy atom. The fourth-order valence-corrected chi connectivity index (χ4v) is 4.80. The van der Waals surface area contributed by atoms with Gasteiger partial charge in [0.05, 0.1) is 18.0 Å². The molecule has 0 aliphatic carbocycles. The Morgan fingerprint density at radius 2 is 1.80 bits per heavy atom. The first-order valence-corrected chi connectivity index (χ1v) is 12.8. The summed E-state index contributed by atoms with van der Waals surface area (Å²) in [6.45, 7) is 9.03. The van der Waals surface area contributed by atoms with Crippen LogP contribution in [0.5, 0.6) is 0 Å². The number of carbonyl (C=O) groups excluding carboxylic acids is 2. The Balaban J connectivity index is 1.25. The number of anilines is 1. The summed E-state index contributed by atoms with van der Waals surface area (Å²) >= 11 is 1.33. The highest BCUT2D eigenvalue weighted by molar-refractivity contribution is 7.99. The highest BCUT2D eigenvalue weighted by atomic mass is 32.2. The molecule has 0 spiro atoms. The molecular formula is C25H31N7O2S. The summed E-state index contributed by atoms with van der Waals surface area (Å²) in [5, 5.41) is 15.6. The van der Waals surface area contributed by atoms with Crippen LogP contribution in [0.25, 0.3) is 5.69 Å². The van der Waals surface area contributed by atoms with Gasteiger partial charge in [-0.3, -0.25) is 14.5 Å². The van der Waals surface area contributed by atoms with E-state index in [2.05, 4.69) is 39.6 Å². The van der Waals surface area contributed by atoms with Gasteiger partial charge in [0.1, 0.15) is 0 Å². The predicted octanol–water partition coefficient (Wildman–Crippen LogP) is 2.72. The quantitative estimate of drug-likeness (QED) is 0.482. The Kier molecular flexibility index (Phi) is 8.14. The number of carbonyl (C=O) groups is 2. The molecular weight excluding hydrogens is 462 g/mol.